The minimum Gasteiger partial charge on any atom is -0.390 e. The van der Waals surface area contributed by atoms with Crippen molar-refractivity contribution in [2.75, 3.05) is 0 Å². The highest BCUT2D eigenvalue weighted by atomic mass is 16.5. The number of ketones is 2. The minimum absolute atomic E-state index is 0.0848. The number of carbonyl (C=O) groups is 2. The first-order valence-electron chi connectivity index (χ1n) is 14.2. The van der Waals surface area contributed by atoms with E-state index in [2.05, 4.69) is 20.8 Å². The van der Waals surface area contributed by atoms with Crippen molar-refractivity contribution < 1.29 is 29.6 Å². The molecule has 1 heterocycles. The van der Waals surface area contributed by atoms with Crippen molar-refractivity contribution in [3.05, 3.63) is 0 Å². The molecule has 3 N–H and O–H groups in total. The van der Waals surface area contributed by atoms with E-state index in [4.69, 9.17) is 4.74 Å². The molecule has 0 spiro atoms. The van der Waals surface area contributed by atoms with E-state index >= 15 is 0 Å². The lowest BCUT2D eigenvalue weighted by Crippen LogP contribution is -2.57. The second-order valence-corrected chi connectivity index (χ2v) is 14.7. The summed E-state index contributed by atoms with van der Waals surface area (Å²) in [5, 5.41) is 34.8. The molecule has 3 saturated carbocycles. The highest BCUT2D eigenvalue weighted by Gasteiger charge is 2.65. The molecule has 6 nitrogen and oxygen atoms in total. The SMILES string of the molecule is C[C@H]1C(=O)C[C@@H]2[C@@](C)(O)CC[C@]2(O)C(C)(C)[C@@H]1CC[C@H]1[C@]2(C)CCC(=O)C(C)(C)O[C@H]2CC[C@@]1(C)O. The Hall–Kier alpha value is -0.820. The topological polar surface area (TPSA) is 104 Å². The van der Waals surface area contributed by atoms with Gasteiger partial charge >= 0.3 is 0 Å². The number of aliphatic hydroxyl groups is 3. The maximum atomic E-state index is 13.4. The third-order valence-corrected chi connectivity index (χ3v) is 11.9. The Balaban J connectivity index is 1.65. The van der Waals surface area contributed by atoms with Gasteiger partial charge in [0.2, 0.25) is 0 Å². The molecule has 1 saturated heterocycles. The average Bonchev–Trinajstić information content (AvgIpc) is 2.92. The first-order valence-corrected chi connectivity index (χ1v) is 14.2. The lowest BCUT2D eigenvalue weighted by atomic mass is 9.54. The van der Waals surface area contributed by atoms with E-state index < -0.39 is 33.7 Å². The molecule has 4 fully saturated rings. The molecule has 0 radical (unpaired) electrons. The summed E-state index contributed by atoms with van der Waals surface area (Å²) in [7, 11) is 0. The van der Waals surface area contributed by atoms with E-state index in [0.717, 1.165) is 6.42 Å². The van der Waals surface area contributed by atoms with Crippen molar-refractivity contribution in [2.45, 2.75) is 142 Å². The standard InChI is InChI=1S/C30H50O6/c1-18-19(25(2,3)30(35)16-15-29(8,34)22(30)17-20(18)31)9-10-21-27(6)13-11-23(32)26(4,5)36-24(27)12-14-28(21,7)33/h18-19,21-22,24,33-35H,9-17H2,1-8H3/t18-,19-,21+,22-,24+,27+,28-,29+,30-/m1/s1. The van der Waals surface area contributed by atoms with Crippen molar-refractivity contribution in [1.29, 1.82) is 0 Å². The predicted octanol–water partition coefficient (Wildman–Crippen LogP) is 4.60. The van der Waals surface area contributed by atoms with Gasteiger partial charge in [-0.1, -0.05) is 27.7 Å². The summed E-state index contributed by atoms with van der Waals surface area (Å²) in [6, 6.07) is 0. The van der Waals surface area contributed by atoms with E-state index in [1.807, 2.05) is 27.7 Å². The van der Waals surface area contributed by atoms with Crippen LogP contribution < -0.4 is 0 Å². The highest BCUT2D eigenvalue weighted by Crippen LogP contribution is 2.61. The third kappa shape index (κ3) is 4.13. The highest BCUT2D eigenvalue weighted by molar-refractivity contribution is 5.86. The summed E-state index contributed by atoms with van der Waals surface area (Å²) in [5.41, 5.74) is -4.83. The summed E-state index contributed by atoms with van der Waals surface area (Å²) in [4.78, 5) is 26.2. The average molecular weight is 507 g/mol. The second kappa shape index (κ2) is 8.59. The van der Waals surface area contributed by atoms with Gasteiger partial charge in [-0.2, -0.15) is 0 Å². The zero-order valence-corrected chi connectivity index (χ0v) is 23.8. The summed E-state index contributed by atoms with van der Waals surface area (Å²) in [6.07, 6.45) is 4.91. The van der Waals surface area contributed by atoms with Crippen LogP contribution in [0.1, 0.15) is 113 Å². The second-order valence-electron chi connectivity index (χ2n) is 14.7. The molecule has 1 aliphatic heterocycles. The first kappa shape index (κ1) is 28.2. The van der Waals surface area contributed by atoms with Crippen LogP contribution in [0.15, 0.2) is 0 Å². The number of ether oxygens (including phenoxy) is 1. The van der Waals surface area contributed by atoms with Gasteiger partial charge in [0.15, 0.2) is 5.78 Å². The molecule has 6 heteroatoms. The van der Waals surface area contributed by atoms with Crippen LogP contribution in [0.5, 0.6) is 0 Å². The van der Waals surface area contributed by atoms with Crippen LogP contribution in [0.25, 0.3) is 0 Å². The quantitative estimate of drug-likeness (QED) is 0.517. The maximum absolute atomic E-state index is 13.4. The van der Waals surface area contributed by atoms with Crippen LogP contribution >= 0.6 is 0 Å². The van der Waals surface area contributed by atoms with Crippen LogP contribution in [-0.2, 0) is 14.3 Å². The van der Waals surface area contributed by atoms with Gasteiger partial charge in [0.05, 0.1) is 22.9 Å². The van der Waals surface area contributed by atoms with E-state index in [-0.39, 0.29) is 47.3 Å². The Bertz CT molecular complexity index is 903. The van der Waals surface area contributed by atoms with E-state index in [9.17, 15) is 24.9 Å². The van der Waals surface area contributed by atoms with Crippen molar-refractivity contribution in [2.24, 2.45) is 34.5 Å². The number of Topliss-reactive ketones (excluding diaryl/α,β-unsaturated/α-hetero) is 2. The summed E-state index contributed by atoms with van der Waals surface area (Å²) in [6.45, 7) is 15.7. The summed E-state index contributed by atoms with van der Waals surface area (Å²) >= 11 is 0. The molecular formula is C30H50O6. The summed E-state index contributed by atoms with van der Waals surface area (Å²) < 4.78 is 6.45. The van der Waals surface area contributed by atoms with E-state index in [0.29, 0.717) is 44.9 Å². The van der Waals surface area contributed by atoms with Crippen molar-refractivity contribution in [3.8, 4) is 0 Å². The molecule has 4 aliphatic rings. The van der Waals surface area contributed by atoms with Gasteiger partial charge in [0.1, 0.15) is 11.4 Å². The molecule has 0 aromatic carbocycles. The van der Waals surface area contributed by atoms with Crippen LogP contribution in [0, 0.1) is 34.5 Å². The zero-order valence-electron chi connectivity index (χ0n) is 23.8. The Kier molecular flexibility index (Phi) is 6.73. The fourth-order valence-corrected chi connectivity index (χ4v) is 9.12. The number of carbonyl (C=O) groups excluding carboxylic acids is 2. The van der Waals surface area contributed by atoms with Crippen LogP contribution in [0.3, 0.4) is 0 Å². The zero-order chi connectivity index (χ0) is 27.1. The summed E-state index contributed by atoms with van der Waals surface area (Å²) in [5.74, 6) is -0.665. The van der Waals surface area contributed by atoms with Gasteiger partial charge < -0.3 is 20.1 Å². The molecule has 9 atom stereocenters. The fourth-order valence-electron chi connectivity index (χ4n) is 9.12. The fraction of sp³-hybridized carbons (Fsp3) is 0.933. The lowest BCUT2D eigenvalue weighted by Gasteiger charge is -2.55. The Morgan fingerprint density at radius 1 is 0.861 bits per heavy atom. The van der Waals surface area contributed by atoms with Gasteiger partial charge in [-0.15, -0.1) is 0 Å². The molecule has 0 aromatic rings. The molecule has 206 valence electrons. The number of hydrogen-bond acceptors (Lipinski definition) is 6. The molecule has 36 heavy (non-hydrogen) atoms. The molecular weight excluding hydrogens is 456 g/mol. The van der Waals surface area contributed by atoms with Gasteiger partial charge in [0.25, 0.3) is 0 Å². The van der Waals surface area contributed by atoms with Gasteiger partial charge in [-0.05, 0) is 95.3 Å². The molecule has 0 unspecified atom stereocenters. The van der Waals surface area contributed by atoms with Crippen LogP contribution in [0.2, 0.25) is 0 Å². The van der Waals surface area contributed by atoms with Crippen LogP contribution in [0.4, 0.5) is 0 Å². The Morgan fingerprint density at radius 3 is 2.14 bits per heavy atom. The van der Waals surface area contributed by atoms with E-state index in [1.54, 1.807) is 6.92 Å². The van der Waals surface area contributed by atoms with Gasteiger partial charge in [-0.25, -0.2) is 0 Å². The molecule has 0 amide bonds. The Labute approximate surface area is 217 Å². The number of rotatable bonds is 3. The van der Waals surface area contributed by atoms with Crippen molar-refractivity contribution in [3.63, 3.8) is 0 Å². The van der Waals surface area contributed by atoms with Crippen molar-refractivity contribution in [1.82, 2.24) is 0 Å². The smallest absolute Gasteiger partial charge is 0.164 e. The normalized spacial score (nSPS) is 50.7. The van der Waals surface area contributed by atoms with E-state index in [1.165, 1.54) is 0 Å². The minimum atomic E-state index is -1.12. The molecule has 0 bridgehead atoms. The number of hydrogen-bond donors (Lipinski definition) is 3. The predicted molar refractivity (Wildman–Crippen MR) is 138 cm³/mol. The third-order valence-electron chi connectivity index (χ3n) is 11.9. The number of fused-ring (bicyclic) bond motifs is 2. The van der Waals surface area contributed by atoms with Gasteiger partial charge in [0, 0.05) is 24.7 Å². The largest absolute Gasteiger partial charge is 0.390 e. The van der Waals surface area contributed by atoms with Crippen LogP contribution in [-0.4, -0.2) is 55.4 Å². The molecule has 4 rings (SSSR count). The monoisotopic (exact) mass is 506 g/mol. The maximum Gasteiger partial charge on any atom is 0.164 e. The molecule has 3 aliphatic carbocycles. The van der Waals surface area contributed by atoms with Gasteiger partial charge in [-0.3, -0.25) is 9.59 Å². The molecule has 0 aromatic heterocycles. The Morgan fingerprint density at radius 2 is 1.50 bits per heavy atom. The first-order chi connectivity index (χ1) is 16.3. The lowest BCUT2D eigenvalue weighted by molar-refractivity contribution is -0.197. The van der Waals surface area contributed by atoms with Crippen molar-refractivity contribution >= 4 is 11.6 Å².